The summed E-state index contributed by atoms with van der Waals surface area (Å²) in [5, 5.41) is 0. The smallest absolute Gasteiger partial charge is 0.306 e. The van der Waals surface area contributed by atoms with Crippen molar-refractivity contribution in [3.63, 3.8) is 0 Å². The largest absolute Gasteiger partial charge is 0.326 e. The van der Waals surface area contributed by atoms with Crippen LogP contribution in [0, 0.1) is 0 Å². The molecule has 0 bridgehead atoms. The molecule has 1 aromatic heterocycles. The first-order valence-corrected chi connectivity index (χ1v) is 5.32. The molecule has 0 aliphatic carbocycles. The molecule has 0 aliphatic rings. The van der Waals surface area contributed by atoms with Gasteiger partial charge in [-0.15, -0.1) is 0 Å². The Morgan fingerprint density at radius 1 is 1.36 bits per heavy atom. The van der Waals surface area contributed by atoms with Gasteiger partial charge in [0.25, 0.3) is 0 Å². The van der Waals surface area contributed by atoms with Gasteiger partial charge in [-0.25, -0.2) is 4.79 Å². The van der Waals surface area contributed by atoms with Crippen molar-refractivity contribution in [3.05, 3.63) is 33.2 Å². The van der Waals surface area contributed by atoms with Crippen LogP contribution < -0.4 is 5.69 Å². The number of rotatable bonds is 0. The third-order valence-corrected chi connectivity index (χ3v) is 2.36. The van der Waals surface area contributed by atoms with Gasteiger partial charge < -0.3 is 4.98 Å². The van der Waals surface area contributed by atoms with Crippen molar-refractivity contribution in [1.82, 2.24) is 9.55 Å². The van der Waals surface area contributed by atoms with Gasteiger partial charge in [0.2, 0.25) is 0 Å². The van der Waals surface area contributed by atoms with Crippen LogP contribution in [0.15, 0.2) is 27.5 Å². The normalized spacial score (nSPS) is 9.71. The second-order valence-corrected chi connectivity index (χ2v) is 3.57. The van der Waals surface area contributed by atoms with Gasteiger partial charge in [-0.2, -0.15) is 0 Å². The number of fused-ring (bicyclic) bond motifs is 1. The molecular formula is C10H13BrN2O. The highest BCUT2D eigenvalue weighted by atomic mass is 79.9. The summed E-state index contributed by atoms with van der Waals surface area (Å²) in [7, 11) is 1.74. The second-order valence-electron chi connectivity index (χ2n) is 2.65. The number of nitrogens with zero attached hydrogens (tertiary/aromatic N) is 1. The maximum absolute atomic E-state index is 11.1. The number of H-pyrrole nitrogens is 1. The molecule has 2 rings (SSSR count). The van der Waals surface area contributed by atoms with Gasteiger partial charge in [-0.1, -0.05) is 29.8 Å². The molecule has 0 unspecified atom stereocenters. The van der Waals surface area contributed by atoms with Crippen LogP contribution in [0.4, 0.5) is 0 Å². The summed E-state index contributed by atoms with van der Waals surface area (Å²) in [6, 6.07) is 5.69. The van der Waals surface area contributed by atoms with Crippen LogP contribution in [-0.4, -0.2) is 9.55 Å². The topological polar surface area (TPSA) is 37.8 Å². The quantitative estimate of drug-likeness (QED) is 0.774. The lowest BCUT2D eigenvalue weighted by atomic mass is 10.3. The van der Waals surface area contributed by atoms with Crippen molar-refractivity contribution in [2.45, 2.75) is 13.8 Å². The molecule has 14 heavy (non-hydrogen) atoms. The van der Waals surface area contributed by atoms with Gasteiger partial charge in [-0.3, -0.25) is 4.57 Å². The Kier molecular flexibility index (Phi) is 3.52. The number of aromatic amines is 1. The summed E-state index contributed by atoms with van der Waals surface area (Å²) in [6.07, 6.45) is 0. The van der Waals surface area contributed by atoms with E-state index in [4.69, 9.17) is 0 Å². The molecule has 1 heterocycles. The number of hydrogen-bond donors (Lipinski definition) is 1. The molecule has 1 aromatic carbocycles. The lowest BCUT2D eigenvalue weighted by Gasteiger charge is -1.93. The Morgan fingerprint density at radius 3 is 2.64 bits per heavy atom. The summed E-state index contributed by atoms with van der Waals surface area (Å²) in [6.45, 7) is 4.00. The number of hydrogen-bond acceptors (Lipinski definition) is 1. The molecule has 1 N–H and O–H groups in total. The molecule has 76 valence electrons. The van der Waals surface area contributed by atoms with Crippen molar-refractivity contribution in [2.75, 3.05) is 0 Å². The molecule has 0 saturated carbocycles. The average Bonchev–Trinajstić information content (AvgIpc) is 2.48. The minimum Gasteiger partial charge on any atom is -0.306 e. The maximum atomic E-state index is 11.1. The van der Waals surface area contributed by atoms with Gasteiger partial charge in [0.05, 0.1) is 11.0 Å². The number of aryl methyl sites for hydroxylation is 1. The van der Waals surface area contributed by atoms with Gasteiger partial charge in [0.1, 0.15) is 0 Å². The van der Waals surface area contributed by atoms with Gasteiger partial charge >= 0.3 is 5.69 Å². The standard InChI is InChI=1S/C8H7BrN2O.C2H6/c1-11-7-4-5(9)2-3-6(7)10-8(11)12;1-2/h2-4H,1H3,(H,10,12);1-2H3. The number of imidazole rings is 1. The zero-order valence-corrected chi connectivity index (χ0v) is 10.1. The Labute approximate surface area is 90.9 Å². The van der Waals surface area contributed by atoms with Crippen LogP contribution in [0.2, 0.25) is 0 Å². The Bertz CT molecular complexity index is 484. The summed E-state index contributed by atoms with van der Waals surface area (Å²) < 4.78 is 2.56. The first-order chi connectivity index (χ1) is 6.68. The average molecular weight is 257 g/mol. The fourth-order valence-electron chi connectivity index (χ4n) is 1.20. The molecule has 0 fully saturated rings. The predicted molar refractivity (Wildman–Crippen MR) is 62.6 cm³/mol. The number of aromatic nitrogens is 2. The molecule has 3 nitrogen and oxygen atoms in total. The van der Waals surface area contributed by atoms with E-state index in [9.17, 15) is 4.79 Å². The third-order valence-electron chi connectivity index (χ3n) is 1.87. The highest BCUT2D eigenvalue weighted by Gasteiger charge is 2.01. The molecular weight excluding hydrogens is 244 g/mol. The monoisotopic (exact) mass is 256 g/mol. The van der Waals surface area contributed by atoms with Crippen LogP contribution in [0.3, 0.4) is 0 Å². The Morgan fingerprint density at radius 2 is 2.00 bits per heavy atom. The summed E-state index contributed by atoms with van der Waals surface area (Å²) in [5.74, 6) is 0. The van der Waals surface area contributed by atoms with Crippen molar-refractivity contribution in [3.8, 4) is 0 Å². The molecule has 0 radical (unpaired) electrons. The van der Waals surface area contributed by atoms with E-state index in [0.717, 1.165) is 15.5 Å². The number of benzene rings is 1. The summed E-state index contributed by atoms with van der Waals surface area (Å²) in [4.78, 5) is 13.9. The fraction of sp³-hybridized carbons (Fsp3) is 0.300. The lowest BCUT2D eigenvalue weighted by Crippen LogP contribution is -2.11. The van der Waals surface area contributed by atoms with Gasteiger partial charge in [-0.05, 0) is 18.2 Å². The summed E-state index contributed by atoms with van der Waals surface area (Å²) in [5.41, 5.74) is 1.70. The lowest BCUT2D eigenvalue weighted by molar-refractivity contribution is 0.891. The van der Waals surface area contributed by atoms with Crippen molar-refractivity contribution < 1.29 is 0 Å². The van der Waals surface area contributed by atoms with E-state index in [0.29, 0.717) is 0 Å². The number of nitrogens with one attached hydrogen (secondary N) is 1. The Hall–Kier alpha value is -1.03. The molecule has 0 amide bonds. The van der Waals surface area contributed by atoms with E-state index in [2.05, 4.69) is 20.9 Å². The SMILES string of the molecule is CC.Cn1c(=O)[nH]c2ccc(Br)cc21. The van der Waals surface area contributed by atoms with Crippen LogP contribution >= 0.6 is 15.9 Å². The highest BCUT2D eigenvalue weighted by Crippen LogP contribution is 2.16. The first-order valence-electron chi connectivity index (χ1n) is 4.53. The highest BCUT2D eigenvalue weighted by molar-refractivity contribution is 9.10. The molecule has 0 aliphatic heterocycles. The third kappa shape index (κ3) is 1.90. The zero-order chi connectivity index (χ0) is 10.7. The van der Waals surface area contributed by atoms with Crippen LogP contribution in [0.5, 0.6) is 0 Å². The molecule has 0 saturated heterocycles. The van der Waals surface area contributed by atoms with Crippen molar-refractivity contribution in [2.24, 2.45) is 7.05 Å². The molecule has 2 aromatic rings. The minimum atomic E-state index is -0.0805. The van der Waals surface area contributed by atoms with E-state index in [-0.39, 0.29) is 5.69 Å². The fourth-order valence-corrected chi connectivity index (χ4v) is 1.55. The minimum absolute atomic E-state index is 0.0805. The van der Waals surface area contributed by atoms with Crippen LogP contribution in [0.25, 0.3) is 11.0 Å². The van der Waals surface area contributed by atoms with Gasteiger partial charge in [0.15, 0.2) is 0 Å². The van der Waals surface area contributed by atoms with E-state index in [1.165, 1.54) is 0 Å². The van der Waals surface area contributed by atoms with Crippen LogP contribution in [-0.2, 0) is 7.05 Å². The zero-order valence-electron chi connectivity index (χ0n) is 8.47. The first kappa shape index (κ1) is 11.0. The predicted octanol–water partition coefficient (Wildman–Crippen LogP) is 2.66. The van der Waals surface area contributed by atoms with E-state index >= 15 is 0 Å². The van der Waals surface area contributed by atoms with Crippen LogP contribution in [0.1, 0.15) is 13.8 Å². The maximum Gasteiger partial charge on any atom is 0.326 e. The molecule has 0 spiro atoms. The second kappa shape index (κ2) is 4.46. The molecule has 4 heteroatoms. The van der Waals surface area contributed by atoms with E-state index in [1.807, 2.05) is 32.0 Å². The van der Waals surface area contributed by atoms with Crippen molar-refractivity contribution >= 4 is 27.0 Å². The van der Waals surface area contributed by atoms with E-state index in [1.54, 1.807) is 11.6 Å². The Balaban J connectivity index is 0.000000461. The van der Waals surface area contributed by atoms with Gasteiger partial charge in [0, 0.05) is 11.5 Å². The summed E-state index contributed by atoms with van der Waals surface area (Å²) >= 11 is 3.35. The molecule has 0 atom stereocenters. The van der Waals surface area contributed by atoms with Crippen molar-refractivity contribution in [1.29, 1.82) is 0 Å². The number of halogens is 1. The van der Waals surface area contributed by atoms with E-state index < -0.39 is 0 Å².